The summed E-state index contributed by atoms with van der Waals surface area (Å²) in [5, 5.41) is 5.73. The van der Waals surface area contributed by atoms with Crippen LogP contribution in [0.25, 0.3) is 0 Å². The number of benzene rings is 2. The molecule has 0 saturated carbocycles. The highest BCUT2D eigenvalue weighted by Gasteiger charge is 2.18. The largest absolute Gasteiger partial charge is 0.496 e. The Balaban J connectivity index is 1.99. The number of hydrogen-bond donors (Lipinski definition) is 1. The third kappa shape index (κ3) is 5.64. The Bertz CT molecular complexity index is 853. The van der Waals surface area contributed by atoms with Crippen LogP contribution in [0.2, 0.25) is 5.02 Å². The van der Waals surface area contributed by atoms with E-state index in [1.165, 1.54) is 31.0 Å². The molecule has 0 heterocycles. The molecule has 0 bridgehead atoms. The van der Waals surface area contributed by atoms with Crippen molar-refractivity contribution in [3.63, 3.8) is 0 Å². The molecule has 134 valence electrons. The monoisotopic (exact) mass is 401 g/mol. The molecular weight excluding hydrogens is 386 g/mol. The molecule has 0 aromatic heterocycles. The molecule has 2 aromatic rings. The number of hydrogen-bond acceptors (Lipinski definition) is 6. The van der Waals surface area contributed by atoms with Gasteiger partial charge in [-0.15, -0.1) is 11.8 Å². The van der Waals surface area contributed by atoms with E-state index in [4.69, 9.17) is 26.2 Å². The molecule has 6 nitrogen and oxygen atoms in total. The maximum atomic E-state index is 12.2. The number of sulfonamides is 1. The van der Waals surface area contributed by atoms with E-state index in [1.54, 1.807) is 12.1 Å². The van der Waals surface area contributed by atoms with E-state index < -0.39 is 16.0 Å². The van der Waals surface area contributed by atoms with Crippen molar-refractivity contribution in [2.75, 3.05) is 19.5 Å². The zero-order valence-corrected chi connectivity index (χ0v) is 15.7. The molecule has 2 aromatic carbocycles. The Kier molecular flexibility index (Phi) is 6.71. The van der Waals surface area contributed by atoms with E-state index >= 15 is 0 Å². The molecule has 0 aliphatic heterocycles. The molecule has 0 amide bonds. The Morgan fingerprint density at radius 1 is 1.20 bits per heavy atom. The molecule has 0 aliphatic rings. The number of methoxy groups -OCH3 is 1. The van der Waals surface area contributed by atoms with Crippen molar-refractivity contribution in [1.82, 2.24) is 0 Å². The molecule has 0 atom stereocenters. The quantitative estimate of drug-likeness (QED) is 0.435. The van der Waals surface area contributed by atoms with Crippen LogP contribution in [0.1, 0.15) is 10.4 Å². The summed E-state index contributed by atoms with van der Waals surface area (Å²) < 4.78 is 33.1. The van der Waals surface area contributed by atoms with Crippen LogP contribution in [0.5, 0.6) is 5.75 Å². The van der Waals surface area contributed by atoms with E-state index in [0.717, 1.165) is 11.0 Å². The van der Waals surface area contributed by atoms with Gasteiger partial charge in [0, 0.05) is 15.7 Å². The zero-order chi connectivity index (χ0) is 18.4. The molecule has 9 heteroatoms. The van der Waals surface area contributed by atoms with Crippen LogP contribution >= 0.6 is 23.4 Å². The fourth-order valence-electron chi connectivity index (χ4n) is 1.93. The van der Waals surface area contributed by atoms with Crippen molar-refractivity contribution in [3.8, 4) is 5.75 Å². The summed E-state index contributed by atoms with van der Waals surface area (Å²) in [4.78, 5) is 13.0. The molecule has 0 radical (unpaired) electrons. The van der Waals surface area contributed by atoms with Gasteiger partial charge in [-0.05, 0) is 42.5 Å². The van der Waals surface area contributed by atoms with Gasteiger partial charge in [-0.3, -0.25) is 0 Å². The highest BCUT2D eigenvalue weighted by atomic mass is 35.5. The number of ether oxygens (including phenoxy) is 2. The minimum Gasteiger partial charge on any atom is -0.496 e. The number of carbonyl (C=O) groups is 1. The normalized spacial score (nSPS) is 11.2. The van der Waals surface area contributed by atoms with Crippen molar-refractivity contribution in [2.24, 2.45) is 5.14 Å². The lowest BCUT2D eigenvalue weighted by molar-refractivity contribution is 0.0526. The van der Waals surface area contributed by atoms with E-state index in [9.17, 15) is 13.2 Å². The SMILES string of the molecule is COc1ccc(S(N)(=O)=O)cc1C(=O)OCCSc1ccc(Cl)cc1. The summed E-state index contributed by atoms with van der Waals surface area (Å²) in [7, 11) is -2.55. The first-order valence-electron chi connectivity index (χ1n) is 7.07. The molecule has 0 unspecified atom stereocenters. The van der Waals surface area contributed by atoms with Crippen LogP contribution in [-0.2, 0) is 14.8 Å². The van der Waals surface area contributed by atoms with Crippen LogP contribution in [0.15, 0.2) is 52.3 Å². The van der Waals surface area contributed by atoms with Gasteiger partial charge < -0.3 is 9.47 Å². The van der Waals surface area contributed by atoms with Gasteiger partial charge in [0.05, 0.1) is 12.0 Å². The lowest BCUT2D eigenvalue weighted by Gasteiger charge is -2.10. The van der Waals surface area contributed by atoms with Crippen LogP contribution < -0.4 is 9.88 Å². The number of primary sulfonamides is 1. The number of esters is 1. The topological polar surface area (TPSA) is 95.7 Å². The minimum absolute atomic E-state index is 0.00511. The summed E-state index contributed by atoms with van der Waals surface area (Å²) >= 11 is 7.31. The first-order valence-corrected chi connectivity index (χ1v) is 9.98. The summed E-state index contributed by atoms with van der Waals surface area (Å²) in [6.45, 7) is 0.148. The summed E-state index contributed by atoms with van der Waals surface area (Å²) in [5.74, 6) is 0.0618. The highest BCUT2D eigenvalue weighted by molar-refractivity contribution is 7.99. The molecule has 0 spiro atoms. The molecule has 2 rings (SSSR count). The number of halogens is 1. The Morgan fingerprint density at radius 3 is 2.48 bits per heavy atom. The summed E-state index contributed by atoms with van der Waals surface area (Å²) in [5.41, 5.74) is 0.00511. The number of nitrogens with two attached hydrogens (primary N) is 1. The molecule has 0 fully saturated rings. The second kappa shape index (κ2) is 8.57. The van der Waals surface area contributed by atoms with E-state index in [-0.39, 0.29) is 22.8 Å². The summed E-state index contributed by atoms with van der Waals surface area (Å²) in [6, 6.07) is 11.1. The van der Waals surface area contributed by atoms with Crippen molar-refractivity contribution in [2.45, 2.75) is 9.79 Å². The van der Waals surface area contributed by atoms with Gasteiger partial charge >= 0.3 is 5.97 Å². The smallest absolute Gasteiger partial charge is 0.341 e. The summed E-state index contributed by atoms with van der Waals surface area (Å²) in [6.07, 6.45) is 0. The standard InChI is InChI=1S/C16H16ClNO5S2/c1-22-15-7-6-13(25(18,20)21)10-14(15)16(19)23-8-9-24-12-4-2-11(17)3-5-12/h2-7,10H,8-9H2,1H3,(H2,18,20,21). The molecule has 0 aliphatic carbocycles. The molecule has 25 heavy (non-hydrogen) atoms. The van der Waals surface area contributed by atoms with Crippen LogP contribution in [0, 0.1) is 0 Å². The fraction of sp³-hybridized carbons (Fsp3) is 0.188. The lowest BCUT2D eigenvalue weighted by Crippen LogP contribution is -2.15. The third-order valence-electron chi connectivity index (χ3n) is 3.12. The minimum atomic E-state index is -3.93. The number of carbonyl (C=O) groups excluding carboxylic acids is 1. The van der Waals surface area contributed by atoms with Gasteiger partial charge in [0.2, 0.25) is 10.0 Å². The Labute approximate surface area is 155 Å². The Morgan fingerprint density at radius 2 is 1.88 bits per heavy atom. The van der Waals surface area contributed by atoms with E-state index in [1.807, 2.05) is 12.1 Å². The van der Waals surface area contributed by atoms with Crippen LogP contribution in [-0.4, -0.2) is 33.9 Å². The first-order chi connectivity index (χ1) is 11.8. The first kappa shape index (κ1) is 19.6. The van der Waals surface area contributed by atoms with Crippen molar-refractivity contribution < 1.29 is 22.7 Å². The van der Waals surface area contributed by atoms with Gasteiger partial charge in [-0.2, -0.15) is 0 Å². The Hall–Kier alpha value is -1.74. The maximum Gasteiger partial charge on any atom is 0.341 e. The van der Waals surface area contributed by atoms with Gasteiger partial charge in [-0.25, -0.2) is 18.4 Å². The third-order valence-corrected chi connectivity index (χ3v) is 5.26. The maximum absolute atomic E-state index is 12.2. The molecule has 0 saturated heterocycles. The van der Waals surface area contributed by atoms with Crippen LogP contribution in [0.3, 0.4) is 0 Å². The van der Waals surface area contributed by atoms with Gasteiger partial charge in [-0.1, -0.05) is 11.6 Å². The zero-order valence-electron chi connectivity index (χ0n) is 13.3. The predicted molar refractivity (Wildman–Crippen MR) is 96.8 cm³/mol. The average molecular weight is 402 g/mol. The fourth-order valence-corrected chi connectivity index (χ4v) is 3.32. The molecular formula is C16H16ClNO5S2. The lowest BCUT2D eigenvalue weighted by atomic mass is 10.2. The van der Waals surface area contributed by atoms with Crippen molar-refractivity contribution in [3.05, 3.63) is 53.1 Å². The highest BCUT2D eigenvalue weighted by Crippen LogP contribution is 2.24. The number of thioether (sulfide) groups is 1. The van der Waals surface area contributed by atoms with Crippen molar-refractivity contribution in [1.29, 1.82) is 0 Å². The van der Waals surface area contributed by atoms with Gasteiger partial charge in [0.25, 0.3) is 0 Å². The van der Waals surface area contributed by atoms with Gasteiger partial charge in [0.1, 0.15) is 17.9 Å². The van der Waals surface area contributed by atoms with E-state index in [2.05, 4.69) is 0 Å². The second-order valence-electron chi connectivity index (χ2n) is 4.85. The van der Waals surface area contributed by atoms with E-state index in [0.29, 0.717) is 10.8 Å². The second-order valence-corrected chi connectivity index (χ2v) is 8.01. The average Bonchev–Trinajstić information content (AvgIpc) is 2.58. The van der Waals surface area contributed by atoms with Crippen molar-refractivity contribution >= 4 is 39.4 Å². The van der Waals surface area contributed by atoms with Gasteiger partial charge in [0.15, 0.2) is 0 Å². The predicted octanol–water partition coefficient (Wildman–Crippen LogP) is 2.95. The molecule has 2 N–H and O–H groups in total. The number of rotatable bonds is 7. The van der Waals surface area contributed by atoms with Crippen LogP contribution in [0.4, 0.5) is 0 Å².